The number of methoxy groups -OCH3 is 1. The minimum absolute atomic E-state index is 0.223. The Labute approximate surface area is 106 Å². The highest BCUT2D eigenvalue weighted by molar-refractivity contribution is 5.92. The third kappa shape index (κ3) is 2.20. The molecule has 2 N–H and O–H groups in total. The molecule has 1 saturated heterocycles. The van der Waals surface area contributed by atoms with Gasteiger partial charge in [-0.1, -0.05) is 6.92 Å². The molecule has 0 bridgehead atoms. The smallest absolute Gasteiger partial charge is 0.360 e. The van der Waals surface area contributed by atoms with E-state index in [-0.39, 0.29) is 11.7 Å². The Morgan fingerprint density at radius 2 is 2.22 bits per heavy atom. The first-order valence-corrected chi connectivity index (χ1v) is 6.21. The molecule has 0 aromatic carbocycles. The Bertz CT molecular complexity index is 436. The number of nitrogens with two attached hydrogens (primary N) is 1. The molecule has 0 aliphatic carbocycles. The number of nitrogens with zero attached hydrogens (tertiary/aromatic N) is 2. The van der Waals surface area contributed by atoms with Crippen molar-refractivity contribution in [3.8, 4) is 0 Å². The van der Waals surface area contributed by atoms with Crippen LogP contribution in [0.25, 0.3) is 0 Å². The zero-order chi connectivity index (χ0) is 13.1. The summed E-state index contributed by atoms with van der Waals surface area (Å²) in [6.45, 7) is 3.44. The van der Waals surface area contributed by atoms with Crippen LogP contribution in [0.2, 0.25) is 0 Å². The summed E-state index contributed by atoms with van der Waals surface area (Å²) in [5, 5.41) is 0. The van der Waals surface area contributed by atoms with Gasteiger partial charge in [0.25, 0.3) is 0 Å². The second-order valence-electron chi connectivity index (χ2n) is 4.32. The lowest BCUT2D eigenvalue weighted by atomic mass is 10.1. The van der Waals surface area contributed by atoms with Gasteiger partial charge in [-0.2, -0.15) is 0 Å². The van der Waals surface area contributed by atoms with Crippen LogP contribution in [0.4, 0.5) is 5.82 Å². The lowest BCUT2D eigenvalue weighted by molar-refractivity contribution is 0.0595. The molecule has 0 unspecified atom stereocenters. The molecule has 2 heterocycles. The summed E-state index contributed by atoms with van der Waals surface area (Å²) in [4.78, 5) is 15.9. The predicted molar refractivity (Wildman–Crippen MR) is 66.4 cm³/mol. The molecular formula is C12H19N3O3. The van der Waals surface area contributed by atoms with Gasteiger partial charge >= 0.3 is 5.97 Å². The minimum Gasteiger partial charge on any atom is -0.464 e. The molecule has 0 spiro atoms. The van der Waals surface area contributed by atoms with Crippen molar-refractivity contribution in [3.63, 3.8) is 0 Å². The molecule has 1 aliphatic heterocycles. The molecule has 1 aliphatic rings. The van der Waals surface area contributed by atoms with Crippen LogP contribution in [-0.2, 0) is 15.9 Å². The van der Waals surface area contributed by atoms with Gasteiger partial charge in [-0.3, -0.25) is 0 Å². The molecule has 0 radical (unpaired) electrons. The van der Waals surface area contributed by atoms with E-state index in [4.69, 9.17) is 15.2 Å². The molecular weight excluding hydrogens is 234 g/mol. The van der Waals surface area contributed by atoms with Crippen molar-refractivity contribution < 1.29 is 14.3 Å². The van der Waals surface area contributed by atoms with Crippen molar-refractivity contribution in [2.24, 2.45) is 0 Å². The normalized spacial score (nSPS) is 16.8. The van der Waals surface area contributed by atoms with E-state index in [0.29, 0.717) is 5.82 Å². The lowest BCUT2D eigenvalue weighted by Gasteiger charge is -2.25. The maximum absolute atomic E-state index is 11.6. The maximum Gasteiger partial charge on any atom is 0.360 e. The molecule has 0 atom stereocenters. The third-order valence-electron chi connectivity index (χ3n) is 3.27. The number of esters is 1. The second-order valence-corrected chi connectivity index (χ2v) is 4.32. The lowest BCUT2D eigenvalue weighted by Crippen LogP contribution is -2.22. The van der Waals surface area contributed by atoms with Gasteiger partial charge in [0, 0.05) is 25.7 Å². The van der Waals surface area contributed by atoms with Crippen molar-refractivity contribution in [2.75, 3.05) is 26.1 Å². The summed E-state index contributed by atoms with van der Waals surface area (Å²) in [5.41, 5.74) is 6.27. The number of aromatic nitrogens is 2. The van der Waals surface area contributed by atoms with Crippen molar-refractivity contribution in [2.45, 2.75) is 32.2 Å². The number of anilines is 1. The molecule has 1 aromatic heterocycles. The van der Waals surface area contributed by atoms with E-state index in [9.17, 15) is 4.79 Å². The fraction of sp³-hybridized carbons (Fsp3) is 0.667. The standard InChI is InChI=1S/C12H19N3O3/c1-3-9-14-10(12(16)17-2)11(13)15(9)8-4-6-18-7-5-8/h8H,3-7,13H2,1-2H3. The van der Waals surface area contributed by atoms with Crippen LogP contribution in [0.5, 0.6) is 0 Å². The highest BCUT2D eigenvalue weighted by Gasteiger charge is 2.26. The Kier molecular flexibility index (Phi) is 3.86. The zero-order valence-corrected chi connectivity index (χ0v) is 10.8. The number of hydrogen-bond acceptors (Lipinski definition) is 5. The Morgan fingerprint density at radius 1 is 1.56 bits per heavy atom. The number of hydrogen-bond donors (Lipinski definition) is 1. The van der Waals surface area contributed by atoms with Gasteiger partial charge in [0.05, 0.1) is 7.11 Å². The van der Waals surface area contributed by atoms with Crippen LogP contribution >= 0.6 is 0 Å². The highest BCUT2D eigenvalue weighted by Crippen LogP contribution is 2.28. The molecule has 0 saturated carbocycles. The van der Waals surface area contributed by atoms with Crippen molar-refractivity contribution in [3.05, 3.63) is 11.5 Å². The Morgan fingerprint density at radius 3 is 2.78 bits per heavy atom. The topological polar surface area (TPSA) is 79.4 Å². The van der Waals surface area contributed by atoms with Gasteiger partial charge < -0.3 is 19.8 Å². The number of imidazole rings is 1. The fourth-order valence-corrected chi connectivity index (χ4v) is 2.34. The molecule has 6 heteroatoms. The average molecular weight is 253 g/mol. The molecule has 100 valence electrons. The number of nitrogen functional groups attached to an aromatic ring is 1. The first-order chi connectivity index (χ1) is 8.69. The van der Waals surface area contributed by atoms with Crippen molar-refractivity contribution in [1.29, 1.82) is 0 Å². The van der Waals surface area contributed by atoms with Gasteiger partial charge in [-0.05, 0) is 12.8 Å². The van der Waals surface area contributed by atoms with Crippen LogP contribution in [0.15, 0.2) is 0 Å². The minimum atomic E-state index is -0.479. The SMILES string of the molecule is CCc1nc(C(=O)OC)c(N)n1C1CCOCC1. The molecule has 6 nitrogen and oxygen atoms in total. The van der Waals surface area contributed by atoms with Gasteiger partial charge in [0.1, 0.15) is 11.6 Å². The van der Waals surface area contributed by atoms with Crippen molar-refractivity contribution in [1.82, 2.24) is 9.55 Å². The summed E-state index contributed by atoms with van der Waals surface area (Å²) >= 11 is 0. The van der Waals surface area contributed by atoms with E-state index in [2.05, 4.69) is 4.98 Å². The number of aryl methyl sites for hydroxylation is 1. The summed E-state index contributed by atoms with van der Waals surface area (Å²) < 4.78 is 12.0. The largest absolute Gasteiger partial charge is 0.464 e. The maximum atomic E-state index is 11.6. The zero-order valence-electron chi connectivity index (χ0n) is 10.8. The van der Waals surface area contributed by atoms with Crippen molar-refractivity contribution >= 4 is 11.8 Å². The molecule has 1 fully saturated rings. The summed E-state index contributed by atoms with van der Waals surface area (Å²) in [5.74, 6) is 0.762. The van der Waals surface area contributed by atoms with Crippen LogP contribution in [-0.4, -0.2) is 35.8 Å². The molecule has 1 aromatic rings. The van der Waals surface area contributed by atoms with Gasteiger partial charge in [-0.15, -0.1) is 0 Å². The first-order valence-electron chi connectivity index (χ1n) is 6.21. The number of carbonyl (C=O) groups excluding carboxylic acids is 1. The summed E-state index contributed by atoms with van der Waals surface area (Å²) in [6.07, 6.45) is 2.53. The van der Waals surface area contributed by atoms with Crippen LogP contribution in [0.1, 0.15) is 42.1 Å². The van der Waals surface area contributed by atoms with E-state index in [1.165, 1.54) is 7.11 Å². The van der Waals surface area contributed by atoms with E-state index in [1.807, 2.05) is 11.5 Å². The molecule has 2 rings (SSSR count). The first kappa shape index (κ1) is 12.9. The van der Waals surface area contributed by atoms with Crippen LogP contribution < -0.4 is 5.73 Å². The second kappa shape index (κ2) is 5.39. The Balaban J connectivity index is 2.38. The van der Waals surface area contributed by atoms with E-state index in [0.717, 1.165) is 38.3 Å². The number of rotatable bonds is 3. The van der Waals surface area contributed by atoms with Crippen LogP contribution in [0.3, 0.4) is 0 Å². The molecule has 0 amide bonds. The monoisotopic (exact) mass is 253 g/mol. The van der Waals surface area contributed by atoms with Gasteiger partial charge in [0.15, 0.2) is 5.69 Å². The number of ether oxygens (including phenoxy) is 2. The summed E-state index contributed by atoms with van der Waals surface area (Å²) in [7, 11) is 1.33. The van der Waals surface area contributed by atoms with Gasteiger partial charge in [0.2, 0.25) is 0 Å². The van der Waals surface area contributed by atoms with Crippen LogP contribution in [0, 0.1) is 0 Å². The third-order valence-corrected chi connectivity index (χ3v) is 3.27. The quantitative estimate of drug-likeness (QED) is 0.818. The predicted octanol–water partition coefficient (Wildman–Crippen LogP) is 1.17. The van der Waals surface area contributed by atoms with E-state index >= 15 is 0 Å². The molecule has 18 heavy (non-hydrogen) atoms. The fourth-order valence-electron chi connectivity index (χ4n) is 2.34. The van der Waals surface area contributed by atoms with Gasteiger partial charge in [-0.25, -0.2) is 9.78 Å². The van der Waals surface area contributed by atoms with E-state index < -0.39 is 5.97 Å². The average Bonchev–Trinajstić information content (AvgIpc) is 2.75. The van der Waals surface area contributed by atoms with E-state index in [1.54, 1.807) is 0 Å². The summed E-state index contributed by atoms with van der Waals surface area (Å²) in [6, 6.07) is 0.264. The highest BCUT2D eigenvalue weighted by atomic mass is 16.5. The number of carbonyl (C=O) groups is 1. The Hall–Kier alpha value is -1.56.